The molecule has 8 nitrogen and oxygen atoms in total. The highest BCUT2D eigenvalue weighted by atomic mass is 16.5. The Kier molecular flexibility index (Phi) is 10.3. The van der Waals surface area contributed by atoms with Crippen LogP contribution < -0.4 is 11.1 Å². The van der Waals surface area contributed by atoms with Gasteiger partial charge in [0, 0.05) is 44.5 Å². The summed E-state index contributed by atoms with van der Waals surface area (Å²) in [5.41, 5.74) is 8.72. The number of aromatic nitrogens is 2. The Hall–Kier alpha value is -3.20. The van der Waals surface area contributed by atoms with Gasteiger partial charge in [0.1, 0.15) is 5.82 Å². The molecular weight excluding hydrogens is 466 g/mol. The topological polar surface area (TPSA) is 106 Å². The van der Waals surface area contributed by atoms with Crippen LogP contribution in [0.2, 0.25) is 0 Å². The van der Waals surface area contributed by atoms with Crippen LogP contribution >= 0.6 is 0 Å². The average molecular weight is 508 g/mol. The minimum Gasteiger partial charge on any atom is -0.395 e. The van der Waals surface area contributed by atoms with Crippen molar-refractivity contribution in [2.24, 2.45) is 11.1 Å². The Morgan fingerprint density at radius 1 is 1.14 bits per heavy atom. The van der Waals surface area contributed by atoms with E-state index >= 15 is 0 Å². The molecule has 0 aliphatic carbocycles. The van der Waals surface area contributed by atoms with E-state index in [0.717, 1.165) is 22.6 Å². The molecule has 0 aliphatic rings. The Bertz CT molecular complexity index is 1100. The Morgan fingerprint density at radius 3 is 2.38 bits per heavy atom. The minimum atomic E-state index is -0.418. The quantitative estimate of drug-likeness (QED) is 0.321. The van der Waals surface area contributed by atoms with E-state index < -0.39 is 6.04 Å². The molecule has 0 saturated heterocycles. The van der Waals surface area contributed by atoms with Gasteiger partial charge in [-0.25, -0.2) is 9.78 Å². The highest BCUT2D eigenvalue weighted by Crippen LogP contribution is 2.39. The molecule has 2 unspecified atom stereocenters. The van der Waals surface area contributed by atoms with Gasteiger partial charge in [0.2, 0.25) is 0 Å². The number of amides is 2. The Balaban J connectivity index is 2.10. The number of nitrogens with two attached hydrogens (primary N) is 1. The van der Waals surface area contributed by atoms with Gasteiger partial charge in [0.05, 0.1) is 24.9 Å². The number of urea groups is 1. The smallest absolute Gasteiger partial charge is 0.318 e. The fourth-order valence-corrected chi connectivity index (χ4v) is 4.40. The van der Waals surface area contributed by atoms with Crippen LogP contribution in [0.25, 0.3) is 11.3 Å². The largest absolute Gasteiger partial charge is 0.395 e. The van der Waals surface area contributed by atoms with Gasteiger partial charge >= 0.3 is 6.03 Å². The molecule has 0 fully saturated rings. The molecule has 0 aliphatic heterocycles. The number of aliphatic hydroxyl groups excluding tert-OH is 1. The SMILES string of the molecule is COCCNC(=O)N(CCC(N)CO)C(c1nc(-c2ccccc2)cn1Cc1ccccc1)C(C)(C)C. The van der Waals surface area contributed by atoms with Crippen LogP contribution in [-0.4, -0.2) is 65.0 Å². The van der Waals surface area contributed by atoms with Crippen LogP contribution in [0.5, 0.6) is 0 Å². The third kappa shape index (κ3) is 7.89. The molecule has 3 aromatic rings. The van der Waals surface area contributed by atoms with Crippen molar-refractivity contribution in [1.29, 1.82) is 0 Å². The summed E-state index contributed by atoms with van der Waals surface area (Å²) in [6, 6.07) is 19.3. The highest BCUT2D eigenvalue weighted by molar-refractivity contribution is 5.75. The van der Waals surface area contributed by atoms with Crippen LogP contribution in [-0.2, 0) is 11.3 Å². The van der Waals surface area contributed by atoms with Crippen molar-refractivity contribution in [2.75, 3.05) is 33.4 Å². The van der Waals surface area contributed by atoms with Crippen LogP contribution in [0.3, 0.4) is 0 Å². The van der Waals surface area contributed by atoms with E-state index in [1.807, 2.05) is 53.4 Å². The number of aliphatic hydroxyl groups is 1. The van der Waals surface area contributed by atoms with Gasteiger partial charge in [-0.2, -0.15) is 0 Å². The third-order valence-corrected chi connectivity index (χ3v) is 6.27. The first-order valence-corrected chi connectivity index (χ1v) is 12.8. The van der Waals surface area contributed by atoms with E-state index in [0.29, 0.717) is 32.7 Å². The molecule has 0 spiro atoms. The van der Waals surface area contributed by atoms with Crippen LogP contribution in [0, 0.1) is 5.41 Å². The maximum atomic E-state index is 13.5. The highest BCUT2D eigenvalue weighted by Gasteiger charge is 2.38. The van der Waals surface area contributed by atoms with Crippen molar-refractivity contribution in [3.8, 4) is 11.3 Å². The van der Waals surface area contributed by atoms with Gasteiger partial charge in [-0.15, -0.1) is 0 Å². The first-order valence-electron chi connectivity index (χ1n) is 12.8. The first-order chi connectivity index (χ1) is 17.7. The summed E-state index contributed by atoms with van der Waals surface area (Å²) in [6.07, 6.45) is 2.53. The lowest BCUT2D eigenvalue weighted by molar-refractivity contribution is 0.101. The second kappa shape index (κ2) is 13.4. The predicted octanol–water partition coefficient (Wildman–Crippen LogP) is 4.05. The molecule has 1 heterocycles. The zero-order chi connectivity index (χ0) is 26.8. The number of rotatable bonds is 12. The number of methoxy groups -OCH3 is 1. The fourth-order valence-electron chi connectivity index (χ4n) is 4.40. The van der Waals surface area contributed by atoms with E-state index in [-0.39, 0.29) is 24.1 Å². The summed E-state index contributed by atoms with van der Waals surface area (Å²) in [6.45, 7) is 8.01. The van der Waals surface area contributed by atoms with Crippen LogP contribution in [0.15, 0.2) is 66.9 Å². The minimum absolute atomic E-state index is 0.139. The number of nitrogens with one attached hydrogen (secondary N) is 1. The number of hydrogen-bond donors (Lipinski definition) is 3. The molecule has 2 aromatic carbocycles. The summed E-state index contributed by atoms with van der Waals surface area (Å²) in [5.74, 6) is 0.801. The van der Waals surface area contributed by atoms with Crippen molar-refractivity contribution in [3.05, 3.63) is 78.2 Å². The van der Waals surface area contributed by atoms with E-state index in [1.165, 1.54) is 0 Å². The Labute approximate surface area is 220 Å². The molecule has 37 heavy (non-hydrogen) atoms. The van der Waals surface area contributed by atoms with Gasteiger partial charge in [0.25, 0.3) is 0 Å². The van der Waals surface area contributed by atoms with Crippen molar-refractivity contribution in [1.82, 2.24) is 19.8 Å². The van der Waals surface area contributed by atoms with Gasteiger partial charge in [-0.3, -0.25) is 0 Å². The number of carbonyl (C=O) groups excluding carboxylic acids is 1. The summed E-state index contributed by atoms with van der Waals surface area (Å²) in [5, 5.41) is 12.5. The number of nitrogens with zero attached hydrogens (tertiary/aromatic N) is 3. The van der Waals surface area contributed by atoms with Crippen molar-refractivity contribution in [3.63, 3.8) is 0 Å². The molecular formula is C29H41N5O3. The molecule has 2 amide bonds. The van der Waals surface area contributed by atoms with Gasteiger partial charge in [-0.1, -0.05) is 81.4 Å². The first kappa shape index (κ1) is 28.4. The number of hydrogen-bond acceptors (Lipinski definition) is 5. The number of ether oxygens (including phenoxy) is 1. The molecule has 8 heteroatoms. The normalized spacial score (nSPS) is 13.2. The van der Waals surface area contributed by atoms with E-state index in [2.05, 4.69) is 49.0 Å². The number of carbonyl (C=O) groups is 1. The van der Waals surface area contributed by atoms with Gasteiger partial charge in [0.15, 0.2) is 0 Å². The summed E-state index contributed by atoms with van der Waals surface area (Å²) >= 11 is 0. The van der Waals surface area contributed by atoms with Gasteiger partial charge < -0.3 is 30.4 Å². The average Bonchev–Trinajstić information content (AvgIpc) is 3.29. The summed E-state index contributed by atoms with van der Waals surface area (Å²) in [4.78, 5) is 20.5. The second-order valence-corrected chi connectivity index (χ2v) is 10.4. The maximum Gasteiger partial charge on any atom is 0.318 e. The maximum absolute atomic E-state index is 13.5. The van der Waals surface area contributed by atoms with Crippen LogP contribution in [0.4, 0.5) is 4.79 Å². The number of imidazole rings is 1. The fraction of sp³-hybridized carbons (Fsp3) is 0.448. The molecule has 200 valence electrons. The van der Waals surface area contributed by atoms with Crippen LogP contribution in [0.1, 0.15) is 44.6 Å². The Morgan fingerprint density at radius 2 is 1.78 bits per heavy atom. The lowest BCUT2D eigenvalue weighted by Crippen LogP contribution is -2.49. The van der Waals surface area contributed by atoms with E-state index in [9.17, 15) is 9.90 Å². The monoisotopic (exact) mass is 507 g/mol. The summed E-state index contributed by atoms with van der Waals surface area (Å²) in [7, 11) is 1.60. The number of benzene rings is 2. The molecule has 3 rings (SSSR count). The second-order valence-electron chi connectivity index (χ2n) is 10.4. The standard InChI is InChI=1S/C29H41N5O3/c1-29(2,3)26(34(17-15-24(30)21-35)28(36)31-16-18-37-4)27-32-25(23-13-9-6-10-14-23)20-33(27)19-22-11-7-5-8-12-22/h5-14,20,24,26,35H,15-19,21,30H2,1-4H3,(H,31,36). The van der Waals surface area contributed by atoms with Crippen molar-refractivity contribution >= 4 is 6.03 Å². The molecule has 0 bridgehead atoms. The molecule has 0 saturated carbocycles. The summed E-state index contributed by atoms with van der Waals surface area (Å²) < 4.78 is 7.28. The van der Waals surface area contributed by atoms with E-state index in [4.69, 9.17) is 15.5 Å². The zero-order valence-electron chi connectivity index (χ0n) is 22.4. The lowest BCUT2D eigenvalue weighted by Gasteiger charge is -2.40. The van der Waals surface area contributed by atoms with Crippen molar-refractivity contribution < 1.29 is 14.6 Å². The zero-order valence-corrected chi connectivity index (χ0v) is 22.4. The lowest BCUT2D eigenvalue weighted by atomic mass is 9.84. The molecule has 1 aromatic heterocycles. The van der Waals surface area contributed by atoms with Crippen molar-refractivity contribution in [2.45, 2.75) is 45.8 Å². The molecule has 2 atom stereocenters. The van der Waals surface area contributed by atoms with E-state index in [1.54, 1.807) is 7.11 Å². The third-order valence-electron chi connectivity index (χ3n) is 6.27. The van der Waals surface area contributed by atoms with Gasteiger partial charge in [-0.05, 0) is 17.4 Å². The molecule has 0 radical (unpaired) electrons. The predicted molar refractivity (Wildman–Crippen MR) is 147 cm³/mol. The molecule has 4 N–H and O–H groups in total.